The lowest BCUT2D eigenvalue weighted by molar-refractivity contribution is -0.128. The smallest absolute Gasteiger partial charge is 0.337 e. The zero-order chi connectivity index (χ0) is 59.2. The van der Waals surface area contributed by atoms with E-state index in [2.05, 4.69) is 20.6 Å². The van der Waals surface area contributed by atoms with E-state index in [0.29, 0.717) is 73.9 Å². The summed E-state index contributed by atoms with van der Waals surface area (Å²) in [6, 6.07) is 30.0. The molecule has 4 heterocycles. The average molecular weight is 1140 g/mol. The summed E-state index contributed by atoms with van der Waals surface area (Å²) in [4.78, 5) is 116. The SMILES string of the molecule is CN(C)C1(C(=O)N[C@H]2CC[C@@H](n3c(=O)c4cc(F)cnc4n(-c4cccc(-c5ccc(C=O)cc5)c4)c3=O)CC2)CC1.CN(C)C1(C(=O)N[C@H]2CC[C@@H](n3c(=O)c4cc(F)cnc4n(-c4cccc(-c5ccc(C=O)cc5)c4)c3=O)CC2)CC1. The molecule has 4 aromatic heterocycles. The fourth-order valence-electron chi connectivity index (χ4n) is 12.2. The molecule has 0 radical (unpaired) electrons. The van der Waals surface area contributed by atoms with Gasteiger partial charge in [-0.25, -0.2) is 37.5 Å². The van der Waals surface area contributed by atoms with Gasteiger partial charge in [-0.3, -0.25) is 47.7 Å². The second-order valence-corrected chi connectivity index (χ2v) is 23.0. The molecule has 0 atom stereocenters. The maximum absolute atomic E-state index is 14.3. The number of nitrogens with one attached hydrogen (secondary N) is 2. The maximum Gasteiger partial charge on any atom is 0.337 e. The summed E-state index contributed by atoms with van der Waals surface area (Å²) in [5.74, 6) is -1.27. The van der Waals surface area contributed by atoms with Crippen LogP contribution in [0.5, 0.6) is 0 Å². The summed E-state index contributed by atoms with van der Waals surface area (Å²) in [5.41, 5.74) is 2.41. The van der Waals surface area contributed by atoms with Gasteiger partial charge in [0.25, 0.3) is 11.1 Å². The van der Waals surface area contributed by atoms with Gasteiger partial charge in [-0.05, 0) is 164 Å². The van der Waals surface area contributed by atoms with Crippen molar-refractivity contribution >= 4 is 46.5 Å². The third kappa shape index (κ3) is 10.9. The molecule has 12 rings (SSSR count). The van der Waals surface area contributed by atoms with Crippen LogP contribution >= 0.6 is 0 Å². The van der Waals surface area contributed by atoms with Crippen molar-refractivity contribution < 1.29 is 28.0 Å². The lowest BCUT2D eigenvalue weighted by Crippen LogP contribution is -2.50. The molecule has 2 amide bonds. The highest BCUT2D eigenvalue weighted by Crippen LogP contribution is 2.42. The molecule has 4 fully saturated rings. The summed E-state index contributed by atoms with van der Waals surface area (Å²) in [6.45, 7) is 0. The van der Waals surface area contributed by atoms with Crippen molar-refractivity contribution in [3.8, 4) is 33.6 Å². The Hall–Kier alpha value is -8.88. The van der Waals surface area contributed by atoms with Gasteiger partial charge < -0.3 is 10.6 Å². The van der Waals surface area contributed by atoms with Crippen LogP contribution < -0.4 is 33.1 Å². The average Bonchev–Trinajstić information content (AvgIpc) is 2.12. The number of likely N-dealkylation sites (N-methyl/N-ethyl adjacent to an activating group) is 2. The van der Waals surface area contributed by atoms with E-state index in [1.807, 2.05) is 86.5 Å². The van der Waals surface area contributed by atoms with Crippen molar-refractivity contribution in [3.63, 3.8) is 0 Å². The van der Waals surface area contributed by atoms with Crippen LogP contribution in [0.4, 0.5) is 8.78 Å². The summed E-state index contributed by atoms with van der Waals surface area (Å²) in [5, 5.41) is 6.40. The van der Waals surface area contributed by atoms with E-state index in [9.17, 15) is 47.1 Å². The Bertz CT molecular complexity index is 3860. The first-order valence-electron chi connectivity index (χ1n) is 28.4. The number of amides is 2. The first-order chi connectivity index (χ1) is 40.4. The Morgan fingerprint density at radius 2 is 0.869 bits per heavy atom. The van der Waals surface area contributed by atoms with Crippen LogP contribution in [-0.2, 0) is 9.59 Å². The number of nitrogens with zero attached hydrogens (tertiary/aromatic N) is 8. The number of aldehydes is 2. The molecule has 4 saturated carbocycles. The second kappa shape index (κ2) is 23.0. The number of hydrogen-bond acceptors (Lipinski definition) is 12. The fraction of sp³-hybridized carbons (Fsp3) is 0.344. The van der Waals surface area contributed by atoms with E-state index in [4.69, 9.17) is 0 Å². The molecule has 4 aliphatic rings. The molecule has 0 bridgehead atoms. The predicted molar refractivity (Wildman–Crippen MR) is 315 cm³/mol. The second-order valence-electron chi connectivity index (χ2n) is 23.0. The molecule has 0 spiro atoms. The third-order valence-electron chi connectivity index (χ3n) is 17.6. The summed E-state index contributed by atoms with van der Waals surface area (Å²) in [6.07, 6.45) is 11.5. The number of carbonyl (C=O) groups excluding carboxylic acids is 4. The molecule has 0 unspecified atom stereocenters. The zero-order valence-electron chi connectivity index (χ0n) is 47.1. The molecular formula is C64H64F2N10O8. The van der Waals surface area contributed by atoms with E-state index in [1.165, 1.54) is 18.3 Å². The van der Waals surface area contributed by atoms with Gasteiger partial charge in [-0.2, -0.15) is 0 Å². The normalized spacial score (nSPS) is 19.5. The van der Waals surface area contributed by atoms with Crippen molar-refractivity contribution in [2.75, 3.05) is 28.2 Å². The van der Waals surface area contributed by atoms with Crippen LogP contribution in [0.15, 0.2) is 141 Å². The monoisotopic (exact) mass is 1140 g/mol. The molecule has 20 heteroatoms. The number of benzene rings is 4. The topological polar surface area (TPSA) is 213 Å². The molecule has 4 aliphatic carbocycles. The molecule has 2 N–H and O–H groups in total. The van der Waals surface area contributed by atoms with Crippen LogP contribution in [0.1, 0.15) is 110 Å². The zero-order valence-corrected chi connectivity index (χ0v) is 47.1. The summed E-state index contributed by atoms with van der Waals surface area (Å²) >= 11 is 0. The van der Waals surface area contributed by atoms with Gasteiger partial charge in [-0.15, -0.1) is 0 Å². The van der Waals surface area contributed by atoms with Crippen molar-refractivity contribution in [2.45, 2.75) is 112 Å². The van der Waals surface area contributed by atoms with Gasteiger partial charge in [0.05, 0.1) is 45.6 Å². The molecule has 0 saturated heterocycles. The quantitative estimate of drug-likeness (QED) is 0.100. The van der Waals surface area contributed by atoms with Crippen LogP contribution in [0, 0.1) is 11.6 Å². The van der Waals surface area contributed by atoms with Gasteiger partial charge >= 0.3 is 11.4 Å². The number of pyridine rings is 2. The van der Waals surface area contributed by atoms with Crippen molar-refractivity contribution in [2.24, 2.45) is 0 Å². The van der Waals surface area contributed by atoms with E-state index < -0.39 is 57.3 Å². The predicted octanol–water partition coefficient (Wildman–Crippen LogP) is 7.72. The Morgan fingerprint density at radius 1 is 0.512 bits per heavy atom. The summed E-state index contributed by atoms with van der Waals surface area (Å²) in [7, 11) is 7.66. The molecule has 18 nitrogen and oxygen atoms in total. The van der Waals surface area contributed by atoms with E-state index in [1.54, 1.807) is 48.5 Å². The van der Waals surface area contributed by atoms with Gasteiger partial charge in [0.15, 0.2) is 11.3 Å². The minimum Gasteiger partial charge on any atom is -0.352 e. The third-order valence-corrected chi connectivity index (χ3v) is 17.6. The number of hydrogen-bond donors (Lipinski definition) is 2. The van der Waals surface area contributed by atoms with Gasteiger partial charge in [0, 0.05) is 35.3 Å². The summed E-state index contributed by atoms with van der Waals surface area (Å²) < 4.78 is 33.9. The molecule has 8 aromatic rings. The van der Waals surface area contributed by atoms with Crippen LogP contribution in [-0.4, -0.2) is 114 Å². The van der Waals surface area contributed by atoms with Crippen molar-refractivity contribution in [1.29, 1.82) is 0 Å². The Kier molecular flexibility index (Phi) is 15.6. The minimum atomic E-state index is -0.665. The maximum atomic E-state index is 14.3. The lowest BCUT2D eigenvalue weighted by Gasteiger charge is -2.32. The standard InChI is InChI=1S/2C32H32FN5O4/c2*1-36(2)32(14-15-32)30(41)35-24-10-12-25(13-11-24)38-29(40)27-17-23(33)18-34-28(27)37(31(38)42)26-5-3-4-22(16-26)21-8-6-20(19-39)7-9-21/h2*3-9,16-19,24-25H,10-15H2,1-2H3,(H,35,41)/t2*24-,25+. The van der Waals surface area contributed by atoms with Gasteiger partial charge in [0.2, 0.25) is 11.8 Å². The number of rotatable bonds is 14. The van der Waals surface area contributed by atoms with E-state index in [0.717, 1.165) is 85.0 Å². The van der Waals surface area contributed by atoms with Crippen molar-refractivity contribution in [3.05, 3.63) is 186 Å². The molecule has 0 aliphatic heterocycles. The van der Waals surface area contributed by atoms with Gasteiger partial charge in [0.1, 0.15) is 24.2 Å². The van der Waals surface area contributed by atoms with E-state index >= 15 is 0 Å². The number of carbonyl (C=O) groups is 4. The first kappa shape index (κ1) is 57.0. The molecular weight excluding hydrogens is 1070 g/mol. The number of halogens is 2. The van der Waals surface area contributed by atoms with Gasteiger partial charge in [-0.1, -0.05) is 72.8 Å². The minimum absolute atomic E-state index is 0.0208. The van der Waals surface area contributed by atoms with Crippen LogP contribution in [0.3, 0.4) is 0 Å². The molecule has 432 valence electrons. The highest BCUT2D eigenvalue weighted by atomic mass is 19.1. The first-order valence-corrected chi connectivity index (χ1v) is 28.4. The van der Waals surface area contributed by atoms with Crippen LogP contribution in [0.25, 0.3) is 55.7 Å². The Labute approximate surface area is 481 Å². The highest BCUT2D eigenvalue weighted by Gasteiger charge is 2.53. The lowest BCUT2D eigenvalue weighted by atomic mass is 9.90. The Balaban J connectivity index is 0.000000175. The number of fused-ring (bicyclic) bond motifs is 2. The van der Waals surface area contributed by atoms with Crippen LogP contribution in [0.2, 0.25) is 0 Å². The Morgan fingerprint density at radius 3 is 1.19 bits per heavy atom. The number of aromatic nitrogens is 6. The molecule has 84 heavy (non-hydrogen) atoms. The molecule has 4 aromatic carbocycles. The highest BCUT2D eigenvalue weighted by molar-refractivity contribution is 5.90. The largest absolute Gasteiger partial charge is 0.352 e. The van der Waals surface area contributed by atoms with E-state index in [-0.39, 0.29) is 46.0 Å². The van der Waals surface area contributed by atoms with Crippen molar-refractivity contribution in [1.82, 2.24) is 48.7 Å². The fourth-order valence-corrected chi connectivity index (χ4v) is 12.2.